The van der Waals surface area contributed by atoms with Crippen molar-refractivity contribution in [2.75, 3.05) is 19.6 Å². The van der Waals surface area contributed by atoms with Crippen molar-refractivity contribution in [1.82, 2.24) is 5.43 Å². The maximum absolute atomic E-state index is 11.9. The van der Waals surface area contributed by atoms with E-state index in [9.17, 15) is 13.6 Å². The summed E-state index contributed by atoms with van der Waals surface area (Å²) in [6.45, 7) is 0. The minimum Gasteiger partial charge on any atom is -0.497 e. The van der Waals surface area contributed by atoms with Crippen LogP contribution in [0.3, 0.4) is 0 Å². The Kier molecular flexibility index (Phi) is 4.50. The molecule has 0 heterocycles. The number of carbonyl (C=O) groups is 1. The topological polar surface area (TPSA) is 59.6 Å². The fourth-order valence-corrected chi connectivity index (χ4v) is 1.09. The van der Waals surface area contributed by atoms with E-state index in [1.54, 1.807) is 12.1 Å². The van der Waals surface area contributed by atoms with Gasteiger partial charge in [-0.25, -0.2) is 0 Å². The number of anilines is 1. The third-order valence-corrected chi connectivity index (χ3v) is 1.93. The fourth-order valence-electron chi connectivity index (χ4n) is 1.09. The highest BCUT2D eigenvalue weighted by Crippen LogP contribution is 2.28. The van der Waals surface area contributed by atoms with Crippen molar-refractivity contribution in [3.05, 3.63) is 18.2 Å². The summed E-state index contributed by atoms with van der Waals surface area (Å²) in [7, 11) is 2.90. The minimum absolute atomic E-state index is 0.349. The minimum atomic E-state index is -3.08. The molecule has 0 spiro atoms. The largest absolute Gasteiger partial charge is 0.497 e. The lowest BCUT2D eigenvalue weighted by molar-refractivity contribution is -0.131. The molecule has 1 aromatic carbocycles. The van der Waals surface area contributed by atoms with Crippen LogP contribution < -0.4 is 20.3 Å². The molecule has 0 bridgehead atoms. The Morgan fingerprint density at radius 2 is 2.00 bits per heavy atom. The maximum atomic E-state index is 11.9. The lowest BCUT2D eigenvalue weighted by atomic mass is 10.3. The van der Waals surface area contributed by atoms with Crippen molar-refractivity contribution < 1.29 is 23.0 Å². The molecule has 17 heavy (non-hydrogen) atoms. The smallest absolute Gasteiger partial charge is 0.317 e. The molecule has 1 rings (SSSR count). The second-order valence-corrected chi connectivity index (χ2v) is 2.98. The van der Waals surface area contributed by atoms with E-state index in [0.29, 0.717) is 17.2 Å². The third kappa shape index (κ3) is 3.47. The SMILES string of the molecule is COc1ccc(NNC(=O)C(F)F)c(OC)c1. The molecule has 0 aliphatic rings. The molecule has 0 saturated carbocycles. The number of benzene rings is 1. The number of hydrogen-bond acceptors (Lipinski definition) is 4. The third-order valence-electron chi connectivity index (χ3n) is 1.93. The Morgan fingerprint density at radius 3 is 2.53 bits per heavy atom. The van der Waals surface area contributed by atoms with Gasteiger partial charge in [0.1, 0.15) is 11.5 Å². The molecule has 94 valence electrons. The second-order valence-electron chi connectivity index (χ2n) is 2.98. The number of methoxy groups -OCH3 is 2. The van der Waals surface area contributed by atoms with Crippen LogP contribution in [0.15, 0.2) is 18.2 Å². The van der Waals surface area contributed by atoms with E-state index >= 15 is 0 Å². The molecule has 1 amide bonds. The van der Waals surface area contributed by atoms with E-state index in [-0.39, 0.29) is 0 Å². The van der Waals surface area contributed by atoms with Crippen molar-refractivity contribution >= 4 is 11.6 Å². The van der Waals surface area contributed by atoms with Crippen LogP contribution in [0.1, 0.15) is 0 Å². The van der Waals surface area contributed by atoms with Gasteiger partial charge in [-0.1, -0.05) is 0 Å². The van der Waals surface area contributed by atoms with Crippen molar-refractivity contribution in [2.45, 2.75) is 6.43 Å². The van der Waals surface area contributed by atoms with E-state index in [0.717, 1.165) is 0 Å². The van der Waals surface area contributed by atoms with Gasteiger partial charge in [-0.2, -0.15) is 8.78 Å². The standard InChI is InChI=1S/C10H12F2N2O3/c1-16-6-3-4-7(8(5-6)17-2)13-14-10(15)9(11)12/h3-5,9,13H,1-2H3,(H,14,15). The number of hydrogen-bond donors (Lipinski definition) is 2. The van der Waals surface area contributed by atoms with Gasteiger partial charge in [-0.15, -0.1) is 0 Å². The molecule has 1 aromatic rings. The molecule has 0 aliphatic heterocycles. The summed E-state index contributed by atoms with van der Waals surface area (Å²) in [5, 5.41) is 0. The molecule has 5 nitrogen and oxygen atoms in total. The zero-order chi connectivity index (χ0) is 12.8. The van der Waals surface area contributed by atoms with E-state index in [2.05, 4.69) is 5.43 Å². The molecule has 7 heteroatoms. The number of alkyl halides is 2. The predicted octanol–water partition coefficient (Wildman–Crippen LogP) is 1.41. The highest BCUT2D eigenvalue weighted by atomic mass is 19.3. The molecule has 0 radical (unpaired) electrons. The van der Waals surface area contributed by atoms with Crippen LogP contribution in [0, 0.1) is 0 Å². The van der Waals surface area contributed by atoms with E-state index < -0.39 is 12.3 Å². The normalized spacial score (nSPS) is 9.94. The van der Waals surface area contributed by atoms with Gasteiger partial charge in [0, 0.05) is 6.07 Å². The van der Waals surface area contributed by atoms with Gasteiger partial charge in [-0.05, 0) is 12.1 Å². The lowest BCUT2D eigenvalue weighted by Crippen LogP contribution is -2.34. The number of amides is 1. The predicted molar refractivity (Wildman–Crippen MR) is 57.3 cm³/mol. The molecular weight excluding hydrogens is 234 g/mol. The molecule has 0 saturated heterocycles. The van der Waals surface area contributed by atoms with Gasteiger partial charge in [-0.3, -0.25) is 15.6 Å². The zero-order valence-corrected chi connectivity index (χ0v) is 9.29. The molecule has 0 atom stereocenters. The highest BCUT2D eigenvalue weighted by Gasteiger charge is 2.15. The average Bonchev–Trinajstić information content (AvgIpc) is 2.35. The van der Waals surface area contributed by atoms with Crippen LogP contribution in [0.5, 0.6) is 11.5 Å². The molecule has 0 fully saturated rings. The van der Waals surface area contributed by atoms with Crippen LogP contribution in [-0.2, 0) is 4.79 Å². The summed E-state index contributed by atoms with van der Waals surface area (Å²) in [6.07, 6.45) is -3.08. The quantitative estimate of drug-likeness (QED) is 0.771. The van der Waals surface area contributed by atoms with Crippen LogP contribution >= 0.6 is 0 Å². The van der Waals surface area contributed by atoms with Crippen molar-refractivity contribution in [1.29, 1.82) is 0 Å². The van der Waals surface area contributed by atoms with Gasteiger partial charge in [0.25, 0.3) is 0 Å². The first-order valence-electron chi connectivity index (χ1n) is 4.64. The van der Waals surface area contributed by atoms with Gasteiger partial charge >= 0.3 is 12.3 Å². The molecule has 2 N–H and O–H groups in total. The van der Waals surface area contributed by atoms with Crippen LogP contribution in [0.25, 0.3) is 0 Å². The van der Waals surface area contributed by atoms with E-state index in [4.69, 9.17) is 9.47 Å². The number of nitrogens with one attached hydrogen (secondary N) is 2. The van der Waals surface area contributed by atoms with E-state index in [1.807, 2.05) is 5.43 Å². The maximum Gasteiger partial charge on any atom is 0.317 e. The Balaban J connectivity index is 2.74. The number of ether oxygens (including phenoxy) is 2. The number of hydrazine groups is 1. The van der Waals surface area contributed by atoms with Gasteiger partial charge in [0.2, 0.25) is 0 Å². The molecule has 0 unspecified atom stereocenters. The summed E-state index contributed by atoms with van der Waals surface area (Å²) in [5.41, 5.74) is 4.54. The Morgan fingerprint density at radius 1 is 1.29 bits per heavy atom. The Bertz CT molecular complexity index is 399. The first-order valence-corrected chi connectivity index (χ1v) is 4.64. The molecule has 0 aromatic heterocycles. The summed E-state index contributed by atoms with van der Waals surface area (Å²) >= 11 is 0. The van der Waals surface area contributed by atoms with Gasteiger partial charge < -0.3 is 9.47 Å². The second kappa shape index (κ2) is 5.88. The van der Waals surface area contributed by atoms with Gasteiger partial charge in [0.05, 0.1) is 19.9 Å². The first-order chi connectivity index (χ1) is 8.08. The fraction of sp³-hybridized carbons (Fsp3) is 0.300. The van der Waals surface area contributed by atoms with Crippen LogP contribution in [0.2, 0.25) is 0 Å². The average molecular weight is 246 g/mol. The zero-order valence-electron chi connectivity index (χ0n) is 9.29. The first kappa shape index (κ1) is 13.0. The summed E-state index contributed by atoms with van der Waals surface area (Å²) in [5.74, 6) is -0.505. The summed E-state index contributed by atoms with van der Waals surface area (Å²) < 4.78 is 33.8. The van der Waals surface area contributed by atoms with Crippen molar-refractivity contribution in [2.24, 2.45) is 0 Å². The van der Waals surface area contributed by atoms with Crippen molar-refractivity contribution in [3.8, 4) is 11.5 Å². The van der Waals surface area contributed by atoms with Crippen LogP contribution in [-0.4, -0.2) is 26.6 Å². The lowest BCUT2D eigenvalue weighted by Gasteiger charge is -2.12. The monoisotopic (exact) mass is 246 g/mol. The Labute approximate surface area is 96.7 Å². The molecular formula is C10H12F2N2O3. The summed E-state index contributed by atoms with van der Waals surface area (Å²) in [4.78, 5) is 10.6. The van der Waals surface area contributed by atoms with Crippen molar-refractivity contribution in [3.63, 3.8) is 0 Å². The van der Waals surface area contributed by atoms with Gasteiger partial charge in [0.15, 0.2) is 0 Å². The highest BCUT2D eigenvalue weighted by molar-refractivity contribution is 5.80. The summed E-state index contributed by atoms with van der Waals surface area (Å²) in [6, 6.07) is 4.68. The number of halogens is 2. The Hall–Kier alpha value is -2.05. The molecule has 0 aliphatic carbocycles. The van der Waals surface area contributed by atoms with Crippen LogP contribution in [0.4, 0.5) is 14.5 Å². The van der Waals surface area contributed by atoms with E-state index in [1.165, 1.54) is 20.3 Å². The number of rotatable bonds is 5. The number of carbonyl (C=O) groups excluding carboxylic acids is 1.